The van der Waals surface area contributed by atoms with E-state index in [4.69, 9.17) is 6.58 Å². The lowest BCUT2D eigenvalue weighted by Gasteiger charge is -2.15. The second kappa shape index (κ2) is 5.66. The topological polar surface area (TPSA) is 0 Å². The largest absolute Gasteiger partial charge is 0.0988 e. The summed E-state index contributed by atoms with van der Waals surface area (Å²) in [5.74, 6) is 0. The summed E-state index contributed by atoms with van der Waals surface area (Å²) < 4.78 is 0. The lowest BCUT2D eigenvalue weighted by atomic mass is 9.88. The van der Waals surface area contributed by atoms with Gasteiger partial charge in [-0.25, -0.2) is 0 Å². The first-order chi connectivity index (χ1) is 9.49. The van der Waals surface area contributed by atoms with Gasteiger partial charge in [0.15, 0.2) is 0 Å². The van der Waals surface area contributed by atoms with Gasteiger partial charge in [0.05, 0.1) is 0 Å². The molecule has 1 fully saturated rings. The molecule has 1 aliphatic rings. The molecule has 1 aromatic rings. The summed E-state index contributed by atoms with van der Waals surface area (Å²) in [5, 5.41) is 0. The van der Waals surface area contributed by atoms with Gasteiger partial charge < -0.3 is 0 Å². The predicted molar refractivity (Wildman–Crippen MR) is 88.1 cm³/mol. The van der Waals surface area contributed by atoms with Crippen LogP contribution in [0.1, 0.15) is 37.8 Å². The molecule has 0 bridgehead atoms. The molecule has 0 N–H and O–H groups in total. The third kappa shape index (κ3) is 2.85. The number of rotatable bonds is 5. The molecule has 20 heavy (non-hydrogen) atoms. The van der Waals surface area contributed by atoms with Gasteiger partial charge in [0.25, 0.3) is 0 Å². The smallest absolute Gasteiger partial charge is 0.0166 e. The fourth-order valence-corrected chi connectivity index (χ4v) is 2.39. The van der Waals surface area contributed by atoms with Gasteiger partial charge in [0.2, 0.25) is 0 Å². The third-order valence-electron chi connectivity index (χ3n) is 4.18. The standard InChI is InChI=1S/C20H22/c1-6-16(4)7-8-17(5)18-9-11-19(12-10-18)20(13-14-20)15(2)3/h2,6-12H,1,3,13-14H2,4-5H3/b15-2?,16-7-,17-8+. The normalized spacial score (nSPS) is 17.8. The number of allylic oxidation sites excluding steroid dienone is 6. The van der Waals surface area contributed by atoms with Gasteiger partial charge in [-0.15, -0.1) is 0 Å². The van der Waals surface area contributed by atoms with Crippen LogP contribution in [0, 0.1) is 13.5 Å². The zero-order valence-electron chi connectivity index (χ0n) is 12.4. The molecule has 1 aromatic carbocycles. The van der Waals surface area contributed by atoms with Crippen molar-refractivity contribution in [2.24, 2.45) is 0 Å². The second-order valence-electron chi connectivity index (χ2n) is 5.65. The second-order valence-corrected chi connectivity index (χ2v) is 5.65. The lowest BCUT2D eigenvalue weighted by Crippen LogP contribution is -2.07. The van der Waals surface area contributed by atoms with E-state index in [1.165, 1.54) is 16.7 Å². The van der Waals surface area contributed by atoms with Crippen LogP contribution in [0.4, 0.5) is 0 Å². The maximum absolute atomic E-state index is 5.94. The van der Waals surface area contributed by atoms with Gasteiger partial charge in [-0.3, -0.25) is 0 Å². The van der Waals surface area contributed by atoms with Crippen molar-refractivity contribution in [3.8, 4) is 0 Å². The zero-order valence-corrected chi connectivity index (χ0v) is 12.4. The van der Waals surface area contributed by atoms with Crippen molar-refractivity contribution in [3.63, 3.8) is 0 Å². The molecule has 2 rings (SSSR count). The Morgan fingerprint density at radius 3 is 2.20 bits per heavy atom. The van der Waals surface area contributed by atoms with E-state index in [9.17, 15) is 0 Å². The first kappa shape index (κ1) is 14.6. The molecule has 102 valence electrons. The highest BCUT2D eigenvalue weighted by atomic mass is 14.5. The van der Waals surface area contributed by atoms with Crippen LogP contribution in [0.2, 0.25) is 0 Å². The summed E-state index contributed by atoms with van der Waals surface area (Å²) in [5.41, 5.74) is 5.78. The first-order valence-electron chi connectivity index (χ1n) is 7.03. The highest BCUT2D eigenvalue weighted by Gasteiger charge is 2.44. The van der Waals surface area contributed by atoms with E-state index in [2.05, 4.69) is 56.8 Å². The van der Waals surface area contributed by atoms with E-state index in [1.807, 2.05) is 13.0 Å². The highest BCUT2D eigenvalue weighted by molar-refractivity contribution is 5.66. The zero-order chi connectivity index (χ0) is 14.8. The molecule has 0 amide bonds. The molecule has 0 heterocycles. The van der Waals surface area contributed by atoms with Crippen molar-refractivity contribution in [2.45, 2.75) is 32.1 Å². The average Bonchev–Trinajstić information content (AvgIpc) is 3.26. The quantitative estimate of drug-likeness (QED) is 0.619. The Bertz CT molecular complexity index is 575. The van der Waals surface area contributed by atoms with Gasteiger partial charge >= 0.3 is 0 Å². The van der Waals surface area contributed by atoms with Gasteiger partial charge in [-0.05, 0) is 50.3 Å². The molecule has 1 saturated carbocycles. The Morgan fingerprint density at radius 1 is 1.15 bits per heavy atom. The summed E-state index contributed by atoms with van der Waals surface area (Å²) >= 11 is 0. The fraction of sp³-hybridized carbons (Fsp3) is 0.250. The maximum Gasteiger partial charge on any atom is 0.0166 e. The monoisotopic (exact) mass is 262 g/mol. The van der Waals surface area contributed by atoms with E-state index >= 15 is 0 Å². The first-order valence-corrected chi connectivity index (χ1v) is 7.03. The van der Waals surface area contributed by atoms with E-state index in [0.717, 1.165) is 24.0 Å². The van der Waals surface area contributed by atoms with E-state index in [1.54, 1.807) is 0 Å². The Balaban J connectivity index is 2.21. The van der Waals surface area contributed by atoms with Crippen molar-refractivity contribution in [2.75, 3.05) is 0 Å². The SMILES string of the molecule is [CH]=C([CH2])C1(c2ccc(/C(C)=C/C=C(/C)C=C)cc2)CC1. The van der Waals surface area contributed by atoms with Crippen molar-refractivity contribution in [1.82, 2.24) is 0 Å². The molecular weight excluding hydrogens is 240 g/mol. The summed E-state index contributed by atoms with van der Waals surface area (Å²) in [6.07, 6.45) is 8.31. The fourth-order valence-electron chi connectivity index (χ4n) is 2.39. The molecule has 1 aliphatic carbocycles. The summed E-state index contributed by atoms with van der Waals surface area (Å²) in [6.45, 7) is 17.8. The molecule has 0 saturated heterocycles. The van der Waals surface area contributed by atoms with Crippen molar-refractivity contribution < 1.29 is 0 Å². The van der Waals surface area contributed by atoms with Crippen molar-refractivity contribution in [1.29, 1.82) is 0 Å². The third-order valence-corrected chi connectivity index (χ3v) is 4.18. The van der Waals surface area contributed by atoms with Gasteiger partial charge in [-0.1, -0.05) is 66.8 Å². The Kier molecular flexibility index (Phi) is 4.13. The predicted octanol–water partition coefficient (Wildman–Crippen LogP) is 5.45. The van der Waals surface area contributed by atoms with E-state index in [0.29, 0.717) is 0 Å². The lowest BCUT2D eigenvalue weighted by molar-refractivity contribution is 0.846. The number of benzene rings is 1. The molecule has 2 radical (unpaired) electrons. The van der Waals surface area contributed by atoms with E-state index in [-0.39, 0.29) is 5.41 Å². The number of hydrogen-bond donors (Lipinski definition) is 0. The van der Waals surface area contributed by atoms with Crippen LogP contribution in [0.5, 0.6) is 0 Å². The van der Waals surface area contributed by atoms with Crippen molar-refractivity contribution in [3.05, 3.63) is 84.8 Å². The van der Waals surface area contributed by atoms with Gasteiger partial charge in [0.1, 0.15) is 0 Å². The molecule has 0 aromatic heterocycles. The van der Waals surface area contributed by atoms with Crippen LogP contribution in [-0.4, -0.2) is 0 Å². The minimum Gasteiger partial charge on any atom is -0.0988 e. The van der Waals surface area contributed by atoms with Crippen molar-refractivity contribution >= 4 is 5.57 Å². The van der Waals surface area contributed by atoms with Gasteiger partial charge in [0, 0.05) is 5.41 Å². The van der Waals surface area contributed by atoms with Crippen LogP contribution < -0.4 is 0 Å². The van der Waals surface area contributed by atoms with Crippen LogP contribution in [0.25, 0.3) is 5.57 Å². The molecule has 0 heteroatoms. The number of hydrogen-bond acceptors (Lipinski definition) is 0. The molecule has 0 unspecified atom stereocenters. The minimum atomic E-state index is 0.0511. The molecule has 0 nitrogen and oxygen atoms in total. The average molecular weight is 262 g/mol. The molecular formula is C20H22. The van der Waals surface area contributed by atoms with Crippen LogP contribution in [0.3, 0.4) is 0 Å². The Morgan fingerprint density at radius 2 is 1.75 bits per heavy atom. The van der Waals surface area contributed by atoms with Crippen LogP contribution in [0.15, 0.2) is 60.2 Å². The summed E-state index contributed by atoms with van der Waals surface area (Å²) in [4.78, 5) is 0. The molecule has 0 aliphatic heterocycles. The van der Waals surface area contributed by atoms with E-state index < -0.39 is 0 Å². The van der Waals surface area contributed by atoms with Gasteiger partial charge in [-0.2, -0.15) is 0 Å². The summed E-state index contributed by atoms with van der Waals surface area (Å²) in [7, 11) is 0. The molecule has 0 atom stereocenters. The molecule has 0 spiro atoms. The Labute approximate surface area is 123 Å². The van der Waals surface area contributed by atoms with Crippen LogP contribution >= 0.6 is 0 Å². The maximum atomic E-state index is 5.94. The minimum absolute atomic E-state index is 0.0511. The summed E-state index contributed by atoms with van der Waals surface area (Å²) in [6, 6.07) is 8.70. The highest BCUT2D eigenvalue weighted by Crippen LogP contribution is 2.52. The van der Waals surface area contributed by atoms with Crippen LogP contribution in [-0.2, 0) is 5.41 Å². The Hall–Kier alpha value is -1.82.